The summed E-state index contributed by atoms with van der Waals surface area (Å²) in [7, 11) is 3.45. The molecule has 0 fully saturated rings. The van der Waals surface area contributed by atoms with Gasteiger partial charge in [0.05, 0.1) is 4.88 Å². The van der Waals surface area contributed by atoms with Crippen LogP contribution in [0.25, 0.3) is 0 Å². The van der Waals surface area contributed by atoms with Crippen LogP contribution >= 0.6 is 11.3 Å². The Hall–Kier alpha value is -2.14. The lowest BCUT2D eigenvalue weighted by atomic mass is 10.1. The maximum absolute atomic E-state index is 12.2. The molecule has 1 aromatic carbocycles. The summed E-state index contributed by atoms with van der Waals surface area (Å²) >= 11 is 1.53. The second-order valence-electron chi connectivity index (χ2n) is 5.62. The van der Waals surface area contributed by atoms with Crippen molar-refractivity contribution in [1.29, 1.82) is 0 Å². The van der Waals surface area contributed by atoms with Crippen molar-refractivity contribution in [2.75, 3.05) is 14.1 Å². The minimum atomic E-state index is -0.0498. The second kappa shape index (κ2) is 7.42. The van der Waals surface area contributed by atoms with E-state index in [1.165, 1.54) is 21.8 Å². The maximum atomic E-state index is 12.2. The van der Waals surface area contributed by atoms with Crippen LogP contribution in [0.1, 0.15) is 43.0 Å². The summed E-state index contributed by atoms with van der Waals surface area (Å²) in [6.45, 7) is 4.59. The zero-order chi connectivity index (χ0) is 17.0. The molecule has 5 heteroatoms. The number of carbonyl (C=O) groups excluding carboxylic acids is 2. The zero-order valence-electron chi connectivity index (χ0n) is 14.0. The summed E-state index contributed by atoms with van der Waals surface area (Å²) < 4.78 is 0. The van der Waals surface area contributed by atoms with Crippen LogP contribution in [0.2, 0.25) is 0 Å². The van der Waals surface area contributed by atoms with E-state index in [9.17, 15) is 9.59 Å². The van der Waals surface area contributed by atoms with Gasteiger partial charge in [0.25, 0.3) is 11.8 Å². The van der Waals surface area contributed by atoms with Gasteiger partial charge in [0.1, 0.15) is 0 Å². The molecule has 2 rings (SSSR count). The molecule has 0 bridgehead atoms. The first-order valence-electron chi connectivity index (χ1n) is 7.60. The third kappa shape index (κ3) is 4.20. The number of nitrogens with one attached hydrogen (secondary N) is 1. The lowest BCUT2D eigenvalue weighted by Gasteiger charge is -2.10. The zero-order valence-corrected chi connectivity index (χ0v) is 14.8. The van der Waals surface area contributed by atoms with Crippen molar-refractivity contribution in [2.24, 2.45) is 0 Å². The average Bonchev–Trinajstić information content (AvgIpc) is 2.93. The fourth-order valence-electron chi connectivity index (χ4n) is 2.28. The third-order valence-corrected chi connectivity index (χ3v) is 4.78. The van der Waals surface area contributed by atoms with Crippen molar-refractivity contribution < 1.29 is 9.59 Å². The quantitative estimate of drug-likeness (QED) is 0.915. The molecule has 122 valence electrons. The fraction of sp³-hybridized carbons (Fsp3) is 0.333. The number of thiophene rings is 1. The molecule has 0 unspecified atom stereocenters. The van der Waals surface area contributed by atoms with E-state index in [1.807, 2.05) is 25.1 Å². The molecule has 0 aliphatic rings. The first-order chi connectivity index (χ1) is 10.9. The first-order valence-corrected chi connectivity index (χ1v) is 8.42. The molecule has 23 heavy (non-hydrogen) atoms. The smallest absolute Gasteiger partial charge is 0.261 e. The van der Waals surface area contributed by atoms with Gasteiger partial charge in [-0.2, -0.15) is 0 Å². The molecule has 4 nitrogen and oxygen atoms in total. The van der Waals surface area contributed by atoms with Gasteiger partial charge in [-0.15, -0.1) is 11.3 Å². The molecule has 2 aromatic rings. The van der Waals surface area contributed by atoms with Gasteiger partial charge in [0, 0.05) is 31.1 Å². The molecule has 0 aliphatic heterocycles. The lowest BCUT2D eigenvalue weighted by Crippen LogP contribution is -2.23. The molecule has 0 atom stereocenters. The monoisotopic (exact) mass is 330 g/mol. The Morgan fingerprint density at radius 3 is 2.35 bits per heavy atom. The lowest BCUT2D eigenvalue weighted by molar-refractivity contribution is 0.0827. The molecule has 1 N–H and O–H groups in total. The summed E-state index contributed by atoms with van der Waals surface area (Å²) in [5.74, 6) is -0.0759. The predicted octanol–water partition coefficient (Wildman–Crippen LogP) is 3.25. The van der Waals surface area contributed by atoms with Crippen LogP contribution in [-0.2, 0) is 13.0 Å². The Morgan fingerprint density at radius 2 is 1.83 bits per heavy atom. The van der Waals surface area contributed by atoms with E-state index in [2.05, 4.69) is 12.2 Å². The van der Waals surface area contributed by atoms with E-state index in [0.717, 1.165) is 16.9 Å². The van der Waals surface area contributed by atoms with Crippen LogP contribution in [-0.4, -0.2) is 30.8 Å². The fourth-order valence-corrected chi connectivity index (χ4v) is 3.31. The van der Waals surface area contributed by atoms with Crippen LogP contribution in [0.4, 0.5) is 0 Å². The van der Waals surface area contributed by atoms with Gasteiger partial charge in [0.15, 0.2) is 0 Å². The molecule has 0 saturated heterocycles. The molecule has 0 aliphatic carbocycles. The highest BCUT2D eigenvalue weighted by atomic mass is 32.1. The van der Waals surface area contributed by atoms with Crippen molar-refractivity contribution in [2.45, 2.75) is 26.8 Å². The summed E-state index contributed by atoms with van der Waals surface area (Å²) in [6, 6.07) is 9.28. The Labute approximate surface area is 141 Å². The van der Waals surface area contributed by atoms with Gasteiger partial charge >= 0.3 is 0 Å². The van der Waals surface area contributed by atoms with Crippen molar-refractivity contribution in [1.82, 2.24) is 10.2 Å². The van der Waals surface area contributed by atoms with Crippen molar-refractivity contribution in [3.05, 3.63) is 56.8 Å². The van der Waals surface area contributed by atoms with Crippen LogP contribution in [0.5, 0.6) is 0 Å². The molecular weight excluding hydrogens is 308 g/mol. The molecule has 0 saturated carbocycles. The summed E-state index contributed by atoms with van der Waals surface area (Å²) in [5, 5.41) is 2.93. The SMILES string of the molecule is CCc1cc(C(=O)NCc2ccc(C(=O)N(C)C)cc2)sc1C. The van der Waals surface area contributed by atoms with Crippen LogP contribution < -0.4 is 5.32 Å². The number of benzene rings is 1. The van der Waals surface area contributed by atoms with Gasteiger partial charge < -0.3 is 10.2 Å². The molecule has 2 amide bonds. The van der Waals surface area contributed by atoms with Crippen molar-refractivity contribution in [3.63, 3.8) is 0 Å². The van der Waals surface area contributed by atoms with Gasteiger partial charge in [-0.3, -0.25) is 9.59 Å². The van der Waals surface area contributed by atoms with E-state index in [0.29, 0.717) is 12.1 Å². The minimum absolute atomic E-state index is 0.0262. The Morgan fingerprint density at radius 1 is 1.17 bits per heavy atom. The molecule has 0 spiro atoms. The van der Waals surface area contributed by atoms with Gasteiger partial charge in [-0.25, -0.2) is 0 Å². The van der Waals surface area contributed by atoms with E-state index in [4.69, 9.17) is 0 Å². The van der Waals surface area contributed by atoms with E-state index in [-0.39, 0.29) is 11.8 Å². The molecule has 1 aromatic heterocycles. The number of hydrogen-bond donors (Lipinski definition) is 1. The van der Waals surface area contributed by atoms with Gasteiger partial charge in [-0.1, -0.05) is 19.1 Å². The Bertz CT molecular complexity index is 702. The number of carbonyl (C=O) groups is 2. The minimum Gasteiger partial charge on any atom is -0.347 e. The van der Waals surface area contributed by atoms with Crippen molar-refractivity contribution in [3.8, 4) is 0 Å². The number of nitrogens with zero attached hydrogens (tertiary/aromatic N) is 1. The largest absolute Gasteiger partial charge is 0.347 e. The van der Waals surface area contributed by atoms with Gasteiger partial charge in [-0.05, 0) is 42.7 Å². The highest BCUT2D eigenvalue weighted by Crippen LogP contribution is 2.22. The summed E-state index contributed by atoms with van der Waals surface area (Å²) in [5.41, 5.74) is 2.84. The van der Waals surface area contributed by atoms with Crippen molar-refractivity contribution >= 4 is 23.2 Å². The maximum Gasteiger partial charge on any atom is 0.261 e. The number of amides is 2. The normalized spacial score (nSPS) is 10.4. The topological polar surface area (TPSA) is 49.4 Å². The number of aryl methyl sites for hydroxylation is 2. The highest BCUT2D eigenvalue weighted by molar-refractivity contribution is 7.14. The van der Waals surface area contributed by atoms with E-state index < -0.39 is 0 Å². The Balaban J connectivity index is 1.97. The second-order valence-corrected chi connectivity index (χ2v) is 6.88. The molecule has 1 heterocycles. The molecular formula is C18H22N2O2S. The predicted molar refractivity (Wildman–Crippen MR) is 94.1 cm³/mol. The van der Waals surface area contributed by atoms with Crippen LogP contribution in [0.15, 0.2) is 30.3 Å². The third-order valence-electron chi connectivity index (χ3n) is 3.69. The summed E-state index contributed by atoms with van der Waals surface area (Å²) in [4.78, 5) is 27.5. The Kier molecular flexibility index (Phi) is 5.55. The van der Waals surface area contributed by atoms with Crippen LogP contribution in [0.3, 0.4) is 0 Å². The molecule has 0 radical (unpaired) electrons. The highest BCUT2D eigenvalue weighted by Gasteiger charge is 2.12. The summed E-state index contributed by atoms with van der Waals surface area (Å²) in [6.07, 6.45) is 0.941. The van der Waals surface area contributed by atoms with Gasteiger partial charge in [0.2, 0.25) is 0 Å². The average molecular weight is 330 g/mol. The van der Waals surface area contributed by atoms with E-state index in [1.54, 1.807) is 31.1 Å². The van der Waals surface area contributed by atoms with E-state index >= 15 is 0 Å². The first kappa shape index (κ1) is 17.2. The number of rotatable bonds is 5. The number of hydrogen-bond acceptors (Lipinski definition) is 3. The standard InChI is InChI=1S/C18H22N2O2S/c1-5-14-10-16(23-12(14)2)17(21)19-11-13-6-8-15(9-7-13)18(22)20(3)4/h6-10H,5,11H2,1-4H3,(H,19,21). The van der Waals surface area contributed by atoms with Crippen LogP contribution in [0, 0.1) is 6.92 Å².